The summed E-state index contributed by atoms with van der Waals surface area (Å²) in [4.78, 5) is 4.50. The third kappa shape index (κ3) is 3.18. The smallest absolute Gasteiger partial charge is 0.309 e. The minimum absolute atomic E-state index is 0.940. The average Bonchev–Trinajstić information content (AvgIpc) is 2.43. The zero-order valence-electron chi connectivity index (χ0n) is 9.66. The molecule has 1 aliphatic rings. The Bertz CT molecular complexity index is 210. The molecule has 0 saturated heterocycles. The Balaban J connectivity index is 2.14. The van der Waals surface area contributed by atoms with E-state index in [1.165, 1.54) is 19.4 Å². The van der Waals surface area contributed by atoms with E-state index in [-0.39, 0.29) is 0 Å². The predicted octanol–water partition coefficient (Wildman–Crippen LogP) is -0.399. The molecule has 0 radical (unpaired) electrons. The van der Waals surface area contributed by atoms with E-state index in [0.717, 1.165) is 25.6 Å². The molecular formula is C10H23N4+. The number of nitrogens with two attached hydrogens (primary N) is 1. The number of hydrogen-bond donors (Lipinski definition) is 1. The highest BCUT2D eigenvalue weighted by Gasteiger charge is 2.22. The van der Waals surface area contributed by atoms with Crippen LogP contribution in [0.1, 0.15) is 12.8 Å². The highest BCUT2D eigenvalue weighted by Crippen LogP contribution is 2.00. The van der Waals surface area contributed by atoms with Crippen molar-refractivity contribution in [3.63, 3.8) is 0 Å². The maximum absolute atomic E-state index is 5.92. The van der Waals surface area contributed by atoms with Gasteiger partial charge >= 0.3 is 5.96 Å². The van der Waals surface area contributed by atoms with Crippen molar-refractivity contribution < 1.29 is 4.58 Å². The number of guanidine groups is 1. The Hall–Kier alpha value is -0.770. The van der Waals surface area contributed by atoms with Crippen LogP contribution >= 0.6 is 0 Å². The summed E-state index contributed by atoms with van der Waals surface area (Å²) in [6, 6.07) is 0. The molecule has 0 unspecified atom stereocenters. The van der Waals surface area contributed by atoms with Gasteiger partial charge in [-0.1, -0.05) is 0 Å². The van der Waals surface area contributed by atoms with E-state index >= 15 is 0 Å². The van der Waals surface area contributed by atoms with Crippen LogP contribution in [-0.2, 0) is 0 Å². The lowest BCUT2D eigenvalue weighted by atomic mass is 10.3. The summed E-state index contributed by atoms with van der Waals surface area (Å²) < 4.78 is 2.12. The third-order valence-corrected chi connectivity index (χ3v) is 2.70. The lowest BCUT2D eigenvalue weighted by Crippen LogP contribution is -2.36. The standard InChI is InChI=1S/C10H22N4/c1-12(2)6-4-5-7-14-9-8-13(3)10(14)11/h11H,4-9H2,1-3H3/p+1. The fraction of sp³-hybridized carbons (Fsp3) is 0.900. The van der Waals surface area contributed by atoms with E-state index in [1.54, 1.807) is 0 Å². The van der Waals surface area contributed by atoms with Gasteiger partial charge in [-0.05, 0) is 33.5 Å². The Morgan fingerprint density at radius 1 is 1.43 bits per heavy atom. The number of nitrogens with zero attached hydrogens (tertiary/aromatic N) is 3. The normalized spacial score (nSPS) is 17.3. The van der Waals surface area contributed by atoms with Crippen molar-refractivity contribution in [2.45, 2.75) is 12.8 Å². The summed E-state index contributed by atoms with van der Waals surface area (Å²) in [6.07, 6.45) is 2.48. The van der Waals surface area contributed by atoms with Gasteiger partial charge in [-0.15, -0.1) is 0 Å². The van der Waals surface area contributed by atoms with E-state index in [1.807, 2.05) is 0 Å². The SMILES string of the molecule is CN(C)CCCCN1CC[N+](C)=C1N. The van der Waals surface area contributed by atoms with Crippen LogP contribution in [0, 0.1) is 0 Å². The first-order chi connectivity index (χ1) is 6.61. The second-order valence-corrected chi connectivity index (χ2v) is 4.28. The lowest BCUT2D eigenvalue weighted by molar-refractivity contribution is -0.487. The summed E-state index contributed by atoms with van der Waals surface area (Å²) in [6.45, 7) is 4.43. The van der Waals surface area contributed by atoms with Crippen molar-refractivity contribution in [1.82, 2.24) is 9.80 Å². The van der Waals surface area contributed by atoms with Crippen LogP contribution in [0.5, 0.6) is 0 Å². The molecule has 0 spiro atoms. The van der Waals surface area contributed by atoms with Crippen molar-refractivity contribution in [3.05, 3.63) is 0 Å². The maximum Gasteiger partial charge on any atom is 0.345 e. The van der Waals surface area contributed by atoms with Crippen LogP contribution in [0.25, 0.3) is 0 Å². The van der Waals surface area contributed by atoms with Gasteiger partial charge in [0, 0.05) is 0 Å². The molecule has 82 valence electrons. The fourth-order valence-corrected chi connectivity index (χ4v) is 1.70. The largest absolute Gasteiger partial charge is 0.345 e. The molecule has 0 aromatic heterocycles. The fourth-order valence-electron chi connectivity index (χ4n) is 1.70. The van der Waals surface area contributed by atoms with E-state index in [2.05, 4.69) is 35.5 Å². The molecule has 4 nitrogen and oxygen atoms in total. The Morgan fingerprint density at radius 2 is 2.14 bits per heavy atom. The molecule has 1 aliphatic heterocycles. The Labute approximate surface area is 87.0 Å². The van der Waals surface area contributed by atoms with Gasteiger partial charge in [-0.2, -0.15) is 0 Å². The Kier molecular flexibility index (Phi) is 4.20. The zero-order valence-corrected chi connectivity index (χ0v) is 9.66. The molecule has 0 bridgehead atoms. The minimum atomic E-state index is 0.940. The van der Waals surface area contributed by atoms with Crippen LogP contribution < -0.4 is 5.73 Å². The lowest BCUT2D eigenvalue weighted by Gasteiger charge is -2.12. The van der Waals surface area contributed by atoms with Crippen LogP contribution in [0.15, 0.2) is 0 Å². The van der Waals surface area contributed by atoms with Gasteiger partial charge in [0.2, 0.25) is 0 Å². The summed E-state index contributed by atoms with van der Waals surface area (Å²) >= 11 is 0. The number of likely N-dealkylation sites (N-methyl/N-ethyl adjacent to an activating group) is 1. The topological polar surface area (TPSA) is 35.5 Å². The van der Waals surface area contributed by atoms with Crippen molar-refractivity contribution in [3.8, 4) is 0 Å². The molecule has 1 heterocycles. The molecule has 4 heteroatoms. The van der Waals surface area contributed by atoms with E-state index < -0.39 is 0 Å². The second-order valence-electron chi connectivity index (χ2n) is 4.28. The quantitative estimate of drug-likeness (QED) is 0.483. The van der Waals surface area contributed by atoms with Crippen LogP contribution in [0.3, 0.4) is 0 Å². The second kappa shape index (κ2) is 5.20. The molecule has 2 N–H and O–H groups in total. The van der Waals surface area contributed by atoms with Crippen molar-refractivity contribution in [2.24, 2.45) is 5.73 Å². The molecule has 14 heavy (non-hydrogen) atoms. The maximum atomic E-state index is 5.92. The van der Waals surface area contributed by atoms with Gasteiger partial charge in [-0.3, -0.25) is 15.2 Å². The van der Waals surface area contributed by atoms with Gasteiger partial charge in [-0.25, -0.2) is 0 Å². The van der Waals surface area contributed by atoms with Gasteiger partial charge in [0.25, 0.3) is 0 Å². The molecule has 0 saturated carbocycles. The van der Waals surface area contributed by atoms with Gasteiger partial charge < -0.3 is 4.90 Å². The monoisotopic (exact) mass is 199 g/mol. The van der Waals surface area contributed by atoms with Gasteiger partial charge in [0.1, 0.15) is 0 Å². The molecule has 0 amide bonds. The molecule has 0 fully saturated rings. The summed E-state index contributed by atoms with van der Waals surface area (Å²) in [5, 5.41) is 0. The van der Waals surface area contributed by atoms with Gasteiger partial charge in [0.05, 0.1) is 26.7 Å². The van der Waals surface area contributed by atoms with E-state index in [0.29, 0.717) is 0 Å². The summed E-state index contributed by atoms with van der Waals surface area (Å²) in [5.74, 6) is 0.940. The summed E-state index contributed by atoms with van der Waals surface area (Å²) in [5.41, 5.74) is 5.92. The third-order valence-electron chi connectivity index (χ3n) is 2.70. The zero-order chi connectivity index (χ0) is 10.6. The average molecular weight is 199 g/mol. The molecule has 0 aromatic carbocycles. The van der Waals surface area contributed by atoms with E-state index in [4.69, 9.17) is 5.73 Å². The van der Waals surface area contributed by atoms with Crippen LogP contribution in [0.4, 0.5) is 0 Å². The highest BCUT2D eigenvalue weighted by atomic mass is 15.3. The number of unbranched alkanes of at least 4 members (excludes halogenated alkanes) is 1. The van der Waals surface area contributed by atoms with Gasteiger partial charge in [0.15, 0.2) is 0 Å². The molecule has 0 aromatic rings. The highest BCUT2D eigenvalue weighted by molar-refractivity contribution is 5.73. The molecule has 1 rings (SSSR count). The first kappa shape index (κ1) is 11.3. The minimum Gasteiger partial charge on any atom is -0.309 e. The first-order valence-electron chi connectivity index (χ1n) is 5.34. The molecule has 0 atom stereocenters. The van der Waals surface area contributed by atoms with Crippen molar-refractivity contribution >= 4 is 5.96 Å². The van der Waals surface area contributed by atoms with Crippen molar-refractivity contribution in [2.75, 3.05) is 47.3 Å². The predicted molar refractivity (Wildman–Crippen MR) is 59.6 cm³/mol. The molecule has 0 aliphatic carbocycles. The Morgan fingerprint density at radius 3 is 2.64 bits per heavy atom. The first-order valence-corrected chi connectivity index (χ1v) is 5.34. The van der Waals surface area contributed by atoms with Crippen LogP contribution in [-0.4, -0.2) is 67.7 Å². The number of rotatable bonds is 5. The van der Waals surface area contributed by atoms with E-state index in [9.17, 15) is 0 Å². The molecular weight excluding hydrogens is 176 g/mol. The number of hydrogen-bond acceptors (Lipinski definition) is 3. The van der Waals surface area contributed by atoms with Crippen molar-refractivity contribution in [1.29, 1.82) is 0 Å². The van der Waals surface area contributed by atoms with Crippen LogP contribution in [0.2, 0.25) is 0 Å². The summed E-state index contributed by atoms with van der Waals surface area (Å²) in [7, 11) is 6.28.